The highest BCUT2D eigenvalue weighted by molar-refractivity contribution is 5.91. The van der Waals surface area contributed by atoms with Crippen LogP contribution >= 0.6 is 0 Å². The Morgan fingerprint density at radius 1 is 1.22 bits per heavy atom. The van der Waals surface area contributed by atoms with Gasteiger partial charge in [0, 0.05) is 5.41 Å². The van der Waals surface area contributed by atoms with Crippen LogP contribution in [0.15, 0.2) is 0 Å². The lowest BCUT2D eigenvalue weighted by atomic mass is 9.77. The molecule has 1 aliphatic carbocycles. The normalized spacial score (nSPS) is 17.5. The zero-order chi connectivity index (χ0) is 14.0. The molecule has 3 N–H and O–H groups in total. The molecule has 1 saturated carbocycles. The molecule has 1 rings (SSSR count). The maximum Gasteiger partial charge on any atom is 0.329 e. The van der Waals surface area contributed by atoms with Crippen LogP contribution in [0.1, 0.15) is 40.0 Å². The average molecular weight is 256 g/mol. The Bertz CT molecular complexity index is 367. The molecule has 6 heteroatoms. The Morgan fingerprint density at radius 3 is 2.11 bits per heavy atom. The summed E-state index contributed by atoms with van der Waals surface area (Å²) in [5, 5.41) is 14.0. The van der Waals surface area contributed by atoms with Gasteiger partial charge in [0.1, 0.15) is 5.54 Å². The summed E-state index contributed by atoms with van der Waals surface area (Å²) in [6.07, 6.45) is 1.68. The van der Waals surface area contributed by atoms with Crippen molar-refractivity contribution < 1.29 is 19.5 Å². The molecule has 6 nitrogen and oxygen atoms in total. The first-order chi connectivity index (χ1) is 8.17. The zero-order valence-electron chi connectivity index (χ0n) is 11.0. The quantitative estimate of drug-likeness (QED) is 0.673. The summed E-state index contributed by atoms with van der Waals surface area (Å²) in [4.78, 5) is 34.2. The fraction of sp³-hybridized carbons (Fsp3) is 0.750. The predicted octanol–water partition coefficient (Wildman–Crippen LogP) is 0.272. The molecule has 2 amide bonds. The maximum absolute atomic E-state index is 11.6. The molecule has 0 radical (unpaired) electrons. The number of carboxylic acid groups (broad SMARTS) is 1. The molecule has 0 aliphatic heterocycles. The standard InChI is InChI=1S/C12H20N2O4/c1-11(2,3)9(16)13-7-8(15)14-12(10(17)18)5-4-6-12/h4-7H2,1-3H3,(H,13,16)(H,14,15)(H,17,18). The van der Waals surface area contributed by atoms with Gasteiger partial charge in [-0.2, -0.15) is 0 Å². The first-order valence-corrected chi connectivity index (χ1v) is 6.00. The van der Waals surface area contributed by atoms with E-state index in [0.29, 0.717) is 12.8 Å². The summed E-state index contributed by atoms with van der Waals surface area (Å²) in [6, 6.07) is 0. The molecule has 1 fully saturated rings. The third kappa shape index (κ3) is 3.21. The molecule has 0 atom stereocenters. The van der Waals surface area contributed by atoms with Gasteiger partial charge in [0.15, 0.2) is 0 Å². The van der Waals surface area contributed by atoms with Gasteiger partial charge < -0.3 is 15.7 Å². The molecule has 0 saturated heterocycles. The van der Waals surface area contributed by atoms with E-state index in [1.807, 2.05) is 0 Å². The van der Waals surface area contributed by atoms with Crippen molar-refractivity contribution >= 4 is 17.8 Å². The highest BCUT2D eigenvalue weighted by Crippen LogP contribution is 2.31. The molecule has 0 aromatic carbocycles. The van der Waals surface area contributed by atoms with Crippen LogP contribution in [0, 0.1) is 5.41 Å². The van der Waals surface area contributed by atoms with E-state index < -0.39 is 22.8 Å². The predicted molar refractivity (Wildman–Crippen MR) is 64.8 cm³/mol. The largest absolute Gasteiger partial charge is 0.480 e. The minimum absolute atomic E-state index is 0.189. The first-order valence-electron chi connectivity index (χ1n) is 6.00. The highest BCUT2D eigenvalue weighted by atomic mass is 16.4. The fourth-order valence-electron chi connectivity index (χ4n) is 1.66. The van der Waals surface area contributed by atoms with Gasteiger partial charge in [0.25, 0.3) is 0 Å². The summed E-state index contributed by atoms with van der Waals surface area (Å²) in [5.41, 5.74) is -1.69. The topological polar surface area (TPSA) is 95.5 Å². The van der Waals surface area contributed by atoms with Crippen molar-refractivity contribution in [3.05, 3.63) is 0 Å². The molecule has 0 bridgehead atoms. The zero-order valence-corrected chi connectivity index (χ0v) is 11.0. The molecule has 0 heterocycles. The van der Waals surface area contributed by atoms with Gasteiger partial charge in [-0.25, -0.2) is 4.79 Å². The Labute approximate surface area is 106 Å². The second-order valence-corrected chi connectivity index (χ2v) is 5.72. The van der Waals surface area contributed by atoms with Crippen LogP contribution in [0.5, 0.6) is 0 Å². The van der Waals surface area contributed by atoms with Crippen LogP contribution in [-0.2, 0) is 14.4 Å². The van der Waals surface area contributed by atoms with Crippen LogP contribution in [-0.4, -0.2) is 35.0 Å². The summed E-state index contributed by atoms with van der Waals surface area (Å²) in [6.45, 7) is 5.03. The fourth-order valence-corrected chi connectivity index (χ4v) is 1.66. The Balaban J connectivity index is 2.43. The summed E-state index contributed by atoms with van der Waals surface area (Å²) in [5.74, 6) is -1.71. The van der Waals surface area contributed by atoms with Crippen molar-refractivity contribution in [1.82, 2.24) is 10.6 Å². The van der Waals surface area contributed by atoms with Crippen molar-refractivity contribution in [3.63, 3.8) is 0 Å². The van der Waals surface area contributed by atoms with E-state index in [4.69, 9.17) is 5.11 Å². The van der Waals surface area contributed by atoms with Gasteiger partial charge in [0.05, 0.1) is 6.54 Å². The monoisotopic (exact) mass is 256 g/mol. The minimum atomic E-state index is -1.12. The number of hydrogen-bond donors (Lipinski definition) is 3. The average Bonchev–Trinajstić information content (AvgIpc) is 2.17. The van der Waals surface area contributed by atoms with Crippen molar-refractivity contribution in [1.29, 1.82) is 0 Å². The molecular formula is C12H20N2O4. The number of carbonyl (C=O) groups is 3. The van der Waals surface area contributed by atoms with Gasteiger partial charge >= 0.3 is 5.97 Å². The van der Waals surface area contributed by atoms with Crippen LogP contribution in [0.2, 0.25) is 0 Å². The molecule has 102 valence electrons. The Morgan fingerprint density at radius 2 is 1.78 bits per heavy atom. The number of aliphatic carboxylic acids is 1. The van der Waals surface area contributed by atoms with E-state index in [1.165, 1.54) is 0 Å². The highest BCUT2D eigenvalue weighted by Gasteiger charge is 2.45. The first kappa shape index (κ1) is 14.5. The molecule has 0 aromatic rings. The van der Waals surface area contributed by atoms with E-state index >= 15 is 0 Å². The van der Waals surface area contributed by atoms with E-state index in [9.17, 15) is 14.4 Å². The van der Waals surface area contributed by atoms with Crippen molar-refractivity contribution in [2.75, 3.05) is 6.54 Å². The van der Waals surface area contributed by atoms with Crippen LogP contribution < -0.4 is 10.6 Å². The second-order valence-electron chi connectivity index (χ2n) is 5.72. The Hall–Kier alpha value is -1.59. The summed E-state index contributed by atoms with van der Waals surface area (Å²) < 4.78 is 0. The lowest BCUT2D eigenvalue weighted by Crippen LogP contribution is -2.60. The number of amides is 2. The van der Waals surface area contributed by atoms with Gasteiger partial charge in [-0.3, -0.25) is 9.59 Å². The van der Waals surface area contributed by atoms with Gasteiger partial charge in [0.2, 0.25) is 11.8 Å². The number of hydrogen-bond acceptors (Lipinski definition) is 3. The minimum Gasteiger partial charge on any atom is -0.480 e. The van der Waals surface area contributed by atoms with Gasteiger partial charge in [-0.1, -0.05) is 20.8 Å². The van der Waals surface area contributed by atoms with Crippen LogP contribution in [0.25, 0.3) is 0 Å². The van der Waals surface area contributed by atoms with Crippen molar-refractivity contribution in [3.8, 4) is 0 Å². The number of nitrogens with one attached hydrogen (secondary N) is 2. The summed E-state index contributed by atoms with van der Waals surface area (Å²) >= 11 is 0. The number of carbonyl (C=O) groups excluding carboxylic acids is 2. The third-order valence-electron chi connectivity index (χ3n) is 3.09. The van der Waals surface area contributed by atoms with E-state index in [2.05, 4.69) is 10.6 Å². The molecular weight excluding hydrogens is 236 g/mol. The third-order valence-corrected chi connectivity index (χ3v) is 3.09. The van der Waals surface area contributed by atoms with E-state index in [-0.39, 0.29) is 12.5 Å². The van der Waals surface area contributed by atoms with Gasteiger partial charge in [-0.15, -0.1) is 0 Å². The van der Waals surface area contributed by atoms with Crippen molar-refractivity contribution in [2.24, 2.45) is 5.41 Å². The van der Waals surface area contributed by atoms with Crippen LogP contribution in [0.3, 0.4) is 0 Å². The Kier molecular flexibility index (Phi) is 3.98. The molecule has 18 heavy (non-hydrogen) atoms. The lowest BCUT2D eigenvalue weighted by Gasteiger charge is -2.38. The maximum atomic E-state index is 11.6. The van der Waals surface area contributed by atoms with E-state index in [1.54, 1.807) is 20.8 Å². The van der Waals surface area contributed by atoms with Crippen molar-refractivity contribution in [2.45, 2.75) is 45.6 Å². The molecule has 0 unspecified atom stereocenters. The van der Waals surface area contributed by atoms with Gasteiger partial charge in [-0.05, 0) is 19.3 Å². The number of carboxylic acids is 1. The smallest absolute Gasteiger partial charge is 0.329 e. The van der Waals surface area contributed by atoms with Crippen LogP contribution in [0.4, 0.5) is 0 Å². The lowest BCUT2D eigenvalue weighted by molar-refractivity contribution is -0.151. The second kappa shape index (κ2) is 4.96. The molecule has 1 aliphatic rings. The number of rotatable bonds is 4. The summed E-state index contributed by atoms with van der Waals surface area (Å²) in [7, 11) is 0. The molecule has 0 spiro atoms. The SMILES string of the molecule is CC(C)(C)C(=O)NCC(=O)NC1(C(=O)O)CCC1. The molecule has 0 aromatic heterocycles. The van der Waals surface area contributed by atoms with E-state index in [0.717, 1.165) is 6.42 Å².